The molecule has 6 heteroatoms. The quantitative estimate of drug-likeness (QED) is 0.278. The number of nitrogens with zero attached hydrogens (tertiary/aromatic N) is 3. The van der Waals surface area contributed by atoms with Gasteiger partial charge in [0.05, 0.1) is 6.04 Å². The van der Waals surface area contributed by atoms with E-state index in [9.17, 15) is 4.79 Å². The number of hydrogen-bond donors (Lipinski definition) is 2. The molecule has 0 aromatic carbocycles. The second-order valence-electron chi connectivity index (χ2n) is 3.19. The Bertz CT molecular complexity index is 331. The van der Waals surface area contributed by atoms with Crippen LogP contribution in [0.5, 0.6) is 0 Å². The summed E-state index contributed by atoms with van der Waals surface area (Å²) in [5.41, 5.74) is 8.58. The summed E-state index contributed by atoms with van der Waals surface area (Å²) in [5, 5.41) is 15.3. The molecule has 1 aliphatic heterocycles. The largest absolute Gasteiger partial charge is 0.478 e. The summed E-state index contributed by atoms with van der Waals surface area (Å²) in [4.78, 5) is 13.3. The van der Waals surface area contributed by atoms with Gasteiger partial charge in [0.1, 0.15) is 0 Å². The van der Waals surface area contributed by atoms with Crippen LogP contribution in [0.1, 0.15) is 6.42 Å². The van der Waals surface area contributed by atoms with Crippen LogP contribution in [0.2, 0.25) is 0 Å². The summed E-state index contributed by atoms with van der Waals surface area (Å²) in [6, 6.07) is 0.000417. The first kappa shape index (κ1) is 8.10. The zero-order valence-electron chi connectivity index (χ0n) is 6.71. The third-order valence-electron chi connectivity index (χ3n) is 2.36. The lowest BCUT2D eigenvalue weighted by Crippen LogP contribution is -2.22. The number of nitrogens with one attached hydrogen (secondary N) is 1. The number of azide groups is 1. The molecule has 0 aromatic heterocycles. The molecule has 6 nitrogen and oxygen atoms in total. The van der Waals surface area contributed by atoms with Gasteiger partial charge >= 0.3 is 5.97 Å². The van der Waals surface area contributed by atoms with Crippen LogP contribution in [-0.2, 0) is 4.79 Å². The van der Waals surface area contributed by atoms with Crippen LogP contribution >= 0.6 is 0 Å². The zero-order chi connectivity index (χ0) is 9.42. The van der Waals surface area contributed by atoms with E-state index in [0.717, 1.165) is 0 Å². The van der Waals surface area contributed by atoms with Crippen molar-refractivity contribution in [3.8, 4) is 0 Å². The minimum atomic E-state index is -0.926. The van der Waals surface area contributed by atoms with Crippen LogP contribution in [0.3, 0.4) is 0 Å². The van der Waals surface area contributed by atoms with Crippen LogP contribution in [-0.4, -0.2) is 29.2 Å². The van der Waals surface area contributed by atoms with Gasteiger partial charge in [0, 0.05) is 22.6 Å². The third kappa shape index (κ3) is 1.37. The predicted molar refractivity (Wildman–Crippen MR) is 44.0 cm³/mol. The van der Waals surface area contributed by atoms with E-state index in [1.807, 2.05) is 0 Å². The molecular formula is C7H8N4O2. The van der Waals surface area contributed by atoms with E-state index in [2.05, 4.69) is 15.3 Å². The molecule has 1 aliphatic carbocycles. The predicted octanol–water partition coefficient (Wildman–Crippen LogP) is 0.420. The summed E-state index contributed by atoms with van der Waals surface area (Å²) in [5.74, 6) is -0.926. The SMILES string of the molecule is [N-]=[N+]=NC1CC(C(=O)O)=CC2NC12. The molecule has 3 unspecified atom stereocenters. The van der Waals surface area contributed by atoms with Gasteiger partial charge in [-0.2, -0.15) is 0 Å². The van der Waals surface area contributed by atoms with Gasteiger partial charge in [0.15, 0.2) is 0 Å². The average molecular weight is 180 g/mol. The molecule has 0 radical (unpaired) electrons. The highest BCUT2D eigenvalue weighted by Crippen LogP contribution is 2.30. The second-order valence-corrected chi connectivity index (χ2v) is 3.19. The van der Waals surface area contributed by atoms with Crippen molar-refractivity contribution in [2.45, 2.75) is 24.5 Å². The molecule has 0 aromatic rings. The second kappa shape index (κ2) is 2.76. The van der Waals surface area contributed by atoms with E-state index in [-0.39, 0.29) is 18.1 Å². The van der Waals surface area contributed by atoms with Crippen LogP contribution < -0.4 is 5.32 Å². The highest BCUT2D eigenvalue weighted by atomic mass is 16.4. The molecule has 68 valence electrons. The van der Waals surface area contributed by atoms with E-state index in [1.54, 1.807) is 6.08 Å². The summed E-state index contributed by atoms with van der Waals surface area (Å²) in [6.07, 6.45) is 2.02. The van der Waals surface area contributed by atoms with Gasteiger partial charge in [-0.15, -0.1) is 0 Å². The molecule has 0 spiro atoms. The molecule has 1 fully saturated rings. The van der Waals surface area contributed by atoms with Gasteiger partial charge in [0.2, 0.25) is 0 Å². The first-order valence-corrected chi connectivity index (χ1v) is 3.96. The Morgan fingerprint density at radius 3 is 3.23 bits per heavy atom. The van der Waals surface area contributed by atoms with Crippen molar-refractivity contribution in [3.63, 3.8) is 0 Å². The van der Waals surface area contributed by atoms with Crippen molar-refractivity contribution in [1.82, 2.24) is 5.32 Å². The molecule has 2 rings (SSSR count). The molecule has 13 heavy (non-hydrogen) atoms. The maximum atomic E-state index is 10.6. The number of carbonyl (C=O) groups is 1. The highest BCUT2D eigenvalue weighted by molar-refractivity contribution is 5.87. The first-order chi connectivity index (χ1) is 6.22. The van der Waals surface area contributed by atoms with Gasteiger partial charge in [0.25, 0.3) is 0 Å². The molecule has 0 saturated carbocycles. The molecule has 1 saturated heterocycles. The topological polar surface area (TPSA) is 108 Å². The summed E-state index contributed by atoms with van der Waals surface area (Å²) in [7, 11) is 0. The lowest BCUT2D eigenvalue weighted by molar-refractivity contribution is -0.132. The average Bonchev–Trinajstić information content (AvgIpc) is 2.83. The fourth-order valence-electron chi connectivity index (χ4n) is 1.64. The normalized spacial score (nSPS) is 35.4. The summed E-state index contributed by atoms with van der Waals surface area (Å²) in [6.45, 7) is 0. The first-order valence-electron chi connectivity index (χ1n) is 3.96. The lowest BCUT2D eigenvalue weighted by atomic mass is 9.95. The van der Waals surface area contributed by atoms with Crippen molar-refractivity contribution >= 4 is 5.97 Å². The van der Waals surface area contributed by atoms with E-state index < -0.39 is 5.97 Å². The van der Waals surface area contributed by atoms with Gasteiger partial charge in [-0.1, -0.05) is 11.2 Å². The van der Waals surface area contributed by atoms with Crippen molar-refractivity contribution in [3.05, 3.63) is 22.1 Å². The molecule has 2 aliphatic rings. The van der Waals surface area contributed by atoms with Crippen molar-refractivity contribution < 1.29 is 9.90 Å². The summed E-state index contributed by atoms with van der Waals surface area (Å²) >= 11 is 0. The number of hydrogen-bond acceptors (Lipinski definition) is 3. The molecule has 3 atom stereocenters. The highest BCUT2D eigenvalue weighted by Gasteiger charge is 2.45. The maximum Gasteiger partial charge on any atom is 0.331 e. The van der Waals surface area contributed by atoms with Crippen LogP contribution in [0, 0.1) is 0 Å². The fourth-order valence-corrected chi connectivity index (χ4v) is 1.64. The molecule has 0 amide bonds. The van der Waals surface area contributed by atoms with Gasteiger partial charge < -0.3 is 10.4 Å². The fraction of sp³-hybridized carbons (Fsp3) is 0.571. The van der Waals surface area contributed by atoms with Crippen LogP contribution in [0.15, 0.2) is 16.8 Å². The molecule has 2 N–H and O–H groups in total. The Balaban J connectivity index is 2.18. The number of fused-ring (bicyclic) bond motifs is 1. The Labute approximate surface area is 73.9 Å². The minimum absolute atomic E-state index is 0.0929. The van der Waals surface area contributed by atoms with Crippen molar-refractivity contribution in [2.24, 2.45) is 5.11 Å². The maximum absolute atomic E-state index is 10.6. The smallest absolute Gasteiger partial charge is 0.331 e. The standard InChI is InChI=1S/C7H8N4O2/c8-11-10-5-2-3(7(12)13)1-4-6(5)9-4/h1,4-6,9H,2H2,(H,12,13). The van der Waals surface area contributed by atoms with E-state index in [0.29, 0.717) is 12.0 Å². The third-order valence-corrected chi connectivity index (χ3v) is 2.36. The van der Waals surface area contributed by atoms with E-state index in [4.69, 9.17) is 10.6 Å². The number of rotatable bonds is 2. The minimum Gasteiger partial charge on any atom is -0.478 e. The Morgan fingerprint density at radius 2 is 2.62 bits per heavy atom. The van der Waals surface area contributed by atoms with Crippen molar-refractivity contribution in [1.29, 1.82) is 0 Å². The van der Waals surface area contributed by atoms with Crippen LogP contribution in [0.4, 0.5) is 0 Å². The Morgan fingerprint density at radius 1 is 1.85 bits per heavy atom. The number of aliphatic carboxylic acids is 1. The van der Waals surface area contributed by atoms with E-state index in [1.165, 1.54) is 0 Å². The Hall–Kier alpha value is -1.52. The molecule has 1 heterocycles. The van der Waals surface area contributed by atoms with Crippen LogP contribution in [0.25, 0.3) is 10.4 Å². The van der Waals surface area contributed by atoms with E-state index >= 15 is 0 Å². The zero-order valence-corrected chi connectivity index (χ0v) is 6.71. The number of carboxylic acid groups (broad SMARTS) is 1. The van der Waals surface area contributed by atoms with Gasteiger partial charge in [-0.05, 0) is 12.0 Å². The molecule has 0 bridgehead atoms. The Kier molecular flexibility index (Phi) is 1.72. The van der Waals surface area contributed by atoms with Gasteiger partial charge in [-0.3, -0.25) is 0 Å². The molecular weight excluding hydrogens is 172 g/mol. The van der Waals surface area contributed by atoms with Crippen molar-refractivity contribution in [2.75, 3.05) is 0 Å². The monoisotopic (exact) mass is 180 g/mol. The lowest BCUT2D eigenvalue weighted by Gasteiger charge is -2.13. The summed E-state index contributed by atoms with van der Waals surface area (Å²) < 4.78 is 0. The number of carboxylic acids is 1. The van der Waals surface area contributed by atoms with Gasteiger partial charge in [-0.25, -0.2) is 4.79 Å².